The summed E-state index contributed by atoms with van der Waals surface area (Å²) in [5.74, 6) is 0. The zero-order valence-electron chi connectivity index (χ0n) is 17.0. The predicted octanol–water partition coefficient (Wildman–Crippen LogP) is 5.48. The molecular formula is C24H24BNS3. The van der Waals surface area contributed by atoms with E-state index in [0.29, 0.717) is 0 Å². The lowest BCUT2D eigenvalue weighted by molar-refractivity contribution is -0.774. The van der Waals surface area contributed by atoms with Crippen LogP contribution in [0.2, 0.25) is 0 Å². The Balaban J connectivity index is 1.90. The van der Waals surface area contributed by atoms with Crippen LogP contribution in [0.1, 0.15) is 16.0 Å². The topological polar surface area (TPSA) is 0 Å². The van der Waals surface area contributed by atoms with Crippen LogP contribution in [0.3, 0.4) is 0 Å². The van der Waals surface area contributed by atoms with Crippen molar-refractivity contribution in [3.8, 4) is 0 Å². The van der Waals surface area contributed by atoms with Gasteiger partial charge in [-0.2, -0.15) is 22.7 Å². The summed E-state index contributed by atoms with van der Waals surface area (Å²) < 4.78 is 3.93. The number of benzene rings is 1. The quantitative estimate of drug-likeness (QED) is 0.374. The second kappa shape index (κ2) is 7.10. The standard InChI is InChI=1S/C24H24BNS3/c1-18-10-12-19(13-11-18)20-17-26(2,3)25(22-8-5-15-28-22,23-9-6-16-29-23)24(20)21-7-4-14-27-21/h4-16H,17H2,1-3H3. The zero-order valence-corrected chi connectivity index (χ0v) is 19.4. The molecule has 1 aliphatic heterocycles. The minimum absolute atomic E-state index is 0.956. The van der Waals surface area contributed by atoms with Crippen molar-refractivity contribution in [1.82, 2.24) is 0 Å². The van der Waals surface area contributed by atoms with Crippen molar-refractivity contribution in [2.75, 3.05) is 20.6 Å². The number of thiophene rings is 3. The first-order valence-electron chi connectivity index (χ1n) is 9.95. The number of aryl methyl sites for hydroxylation is 1. The van der Waals surface area contributed by atoms with Crippen molar-refractivity contribution in [2.24, 2.45) is 0 Å². The first-order valence-corrected chi connectivity index (χ1v) is 12.6. The molecule has 0 N–H and O–H groups in total. The van der Waals surface area contributed by atoms with E-state index in [1.807, 2.05) is 34.0 Å². The number of nitrogens with zero attached hydrogens (tertiary/aromatic N) is 1. The predicted molar refractivity (Wildman–Crippen MR) is 133 cm³/mol. The zero-order chi connectivity index (χ0) is 20.1. The number of hydrogen-bond acceptors (Lipinski definition) is 3. The molecular weight excluding hydrogens is 409 g/mol. The van der Waals surface area contributed by atoms with Gasteiger partial charge in [-0.05, 0) is 45.1 Å². The average Bonchev–Trinajstić information content (AvgIpc) is 3.49. The van der Waals surface area contributed by atoms with Gasteiger partial charge >= 0.3 is 6.28 Å². The SMILES string of the molecule is Cc1ccc(C2=C(c3cccs3)[B-](c3cccs3)(c3cccs3)[N+](C)(C)C2)cc1. The monoisotopic (exact) mass is 433 g/mol. The molecule has 0 fully saturated rings. The van der Waals surface area contributed by atoms with Crippen molar-refractivity contribution in [3.63, 3.8) is 0 Å². The van der Waals surface area contributed by atoms with Gasteiger partial charge in [0, 0.05) is 14.1 Å². The summed E-state index contributed by atoms with van der Waals surface area (Å²) in [7, 11) is 4.85. The van der Waals surface area contributed by atoms with Crippen LogP contribution in [-0.2, 0) is 0 Å². The Labute approximate surface area is 185 Å². The van der Waals surface area contributed by atoms with E-state index in [2.05, 4.69) is 97.8 Å². The van der Waals surface area contributed by atoms with E-state index in [0.717, 1.165) is 10.9 Å². The van der Waals surface area contributed by atoms with Gasteiger partial charge in [-0.15, -0.1) is 16.8 Å². The van der Waals surface area contributed by atoms with Gasteiger partial charge in [-0.3, -0.25) is 0 Å². The molecule has 4 heterocycles. The molecule has 0 amide bonds. The lowest BCUT2D eigenvalue weighted by Gasteiger charge is -2.51. The molecule has 0 unspecified atom stereocenters. The molecule has 1 aromatic carbocycles. The van der Waals surface area contributed by atoms with Crippen LogP contribution < -0.4 is 9.55 Å². The number of likely N-dealkylation sites (N-methyl/N-ethyl adjacent to an activating group) is 1. The van der Waals surface area contributed by atoms with Crippen molar-refractivity contribution in [3.05, 3.63) is 92.8 Å². The largest absolute Gasteiger partial charge is 0.504 e. The molecule has 29 heavy (non-hydrogen) atoms. The summed E-state index contributed by atoms with van der Waals surface area (Å²) in [5.41, 5.74) is 5.71. The van der Waals surface area contributed by atoms with Gasteiger partial charge in [0.15, 0.2) is 0 Å². The molecule has 0 saturated heterocycles. The summed E-state index contributed by atoms with van der Waals surface area (Å²) >= 11 is 5.70. The maximum absolute atomic E-state index is 2.42. The molecule has 4 aromatic rings. The molecule has 5 heteroatoms. The summed E-state index contributed by atoms with van der Waals surface area (Å²) in [6.45, 7) is 3.20. The number of rotatable bonds is 4. The van der Waals surface area contributed by atoms with Gasteiger partial charge in [0.1, 0.15) is 0 Å². The van der Waals surface area contributed by atoms with E-state index >= 15 is 0 Å². The molecule has 5 rings (SSSR count). The first kappa shape index (κ1) is 19.1. The van der Waals surface area contributed by atoms with E-state index in [-0.39, 0.29) is 0 Å². The molecule has 1 nitrogen and oxygen atoms in total. The highest BCUT2D eigenvalue weighted by molar-refractivity contribution is 7.39. The third-order valence-electron chi connectivity index (χ3n) is 6.45. The van der Waals surface area contributed by atoms with Gasteiger partial charge in [-0.25, -0.2) is 0 Å². The maximum atomic E-state index is 2.42. The number of hydrogen-bond donors (Lipinski definition) is 0. The van der Waals surface area contributed by atoms with E-state index in [1.54, 1.807) is 5.47 Å². The molecule has 0 bridgehead atoms. The van der Waals surface area contributed by atoms with Crippen LogP contribution in [0.25, 0.3) is 11.0 Å². The second-order valence-corrected chi connectivity index (χ2v) is 11.4. The molecule has 0 saturated carbocycles. The van der Waals surface area contributed by atoms with Crippen LogP contribution in [0, 0.1) is 6.92 Å². The van der Waals surface area contributed by atoms with Crippen molar-refractivity contribution in [1.29, 1.82) is 0 Å². The Morgan fingerprint density at radius 3 is 1.86 bits per heavy atom. The summed E-state index contributed by atoms with van der Waals surface area (Å²) in [4.78, 5) is 1.41. The van der Waals surface area contributed by atoms with Gasteiger partial charge < -0.3 is 4.39 Å². The van der Waals surface area contributed by atoms with E-state index in [4.69, 9.17) is 0 Å². The molecule has 0 atom stereocenters. The normalized spacial score (nSPS) is 17.8. The highest BCUT2D eigenvalue weighted by Gasteiger charge is 2.55. The number of quaternary nitrogens is 1. The Bertz CT molecular complexity index is 1100. The average molecular weight is 433 g/mol. The molecule has 0 aliphatic carbocycles. The minimum atomic E-state index is -1.11. The summed E-state index contributed by atoms with van der Waals surface area (Å²) in [5, 5.41) is 6.70. The second-order valence-electron chi connectivity index (χ2n) is 8.52. The van der Waals surface area contributed by atoms with E-state index < -0.39 is 6.28 Å². The van der Waals surface area contributed by atoms with E-state index in [1.165, 1.54) is 31.1 Å². The third kappa shape index (κ3) is 2.83. The van der Waals surface area contributed by atoms with Gasteiger partial charge in [-0.1, -0.05) is 69.7 Å². The Hall–Kier alpha value is -1.92. The Morgan fingerprint density at radius 2 is 1.34 bits per heavy atom. The Kier molecular flexibility index (Phi) is 4.67. The van der Waals surface area contributed by atoms with Crippen LogP contribution in [0.15, 0.2) is 76.8 Å². The lowest BCUT2D eigenvalue weighted by Crippen LogP contribution is -2.74. The van der Waals surface area contributed by atoms with Crippen molar-refractivity contribution in [2.45, 2.75) is 6.92 Å². The maximum Gasteiger partial charge on any atom is 0.311 e. The first-order chi connectivity index (χ1) is 14.0. The van der Waals surface area contributed by atoms with Crippen LogP contribution in [0.5, 0.6) is 0 Å². The van der Waals surface area contributed by atoms with Gasteiger partial charge in [0.2, 0.25) is 0 Å². The van der Waals surface area contributed by atoms with Crippen molar-refractivity contribution < 1.29 is 4.39 Å². The van der Waals surface area contributed by atoms with Crippen LogP contribution in [-0.4, -0.2) is 31.3 Å². The highest BCUT2D eigenvalue weighted by Crippen LogP contribution is 2.47. The minimum Gasteiger partial charge on any atom is -0.504 e. The fourth-order valence-electron chi connectivity index (χ4n) is 5.19. The van der Waals surface area contributed by atoms with Gasteiger partial charge in [0.05, 0.1) is 6.54 Å². The Morgan fingerprint density at radius 1 is 0.759 bits per heavy atom. The third-order valence-corrected chi connectivity index (χ3v) is 9.44. The lowest BCUT2D eigenvalue weighted by atomic mass is 9.27. The summed E-state index contributed by atoms with van der Waals surface area (Å²) in [6.07, 6.45) is -1.11. The molecule has 3 aromatic heterocycles. The van der Waals surface area contributed by atoms with Crippen LogP contribution >= 0.6 is 34.0 Å². The fraction of sp³-hybridized carbons (Fsp3) is 0.167. The smallest absolute Gasteiger partial charge is 0.311 e. The highest BCUT2D eigenvalue weighted by atomic mass is 32.1. The van der Waals surface area contributed by atoms with Crippen molar-refractivity contribution >= 4 is 60.9 Å². The van der Waals surface area contributed by atoms with Crippen LogP contribution in [0.4, 0.5) is 0 Å². The fourth-order valence-corrected chi connectivity index (χ4v) is 8.54. The van der Waals surface area contributed by atoms with Gasteiger partial charge in [0.25, 0.3) is 0 Å². The molecule has 0 spiro atoms. The molecule has 146 valence electrons. The molecule has 0 radical (unpaired) electrons. The summed E-state index contributed by atoms with van der Waals surface area (Å²) in [6, 6.07) is 22.8. The molecule has 1 aliphatic rings. The van der Waals surface area contributed by atoms with E-state index in [9.17, 15) is 0 Å².